The summed E-state index contributed by atoms with van der Waals surface area (Å²) in [5, 5.41) is 12.7. The van der Waals surface area contributed by atoms with Gasteiger partial charge in [0.2, 0.25) is 5.91 Å². The molecule has 0 aromatic carbocycles. The molecule has 0 saturated heterocycles. The van der Waals surface area contributed by atoms with E-state index in [0.29, 0.717) is 0 Å². The number of carbonyl (C=O) groups excluding carboxylic acids is 1. The second kappa shape index (κ2) is 4.08. The molecule has 12 heavy (non-hydrogen) atoms. The Morgan fingerprint density at radius 2 is 2.58 bits per heavy atom. The molecule has 0 radical (unpaired) electrons. The van der Waals surface area contributed by atoms with E-state index < -0.39 is 0 Å². The van der Waals surface area contributed by atoms with Crippen molar-refractivity contribution >= 4 is 5.91 Å². The lowest BCUT2D eigenvalue weighted by atomic mass is 10.5. The number of hydrogen-bond acceptors (Lipinski definition) is 4. The fourth-order valence-electron chi connectivity index (χ4n) is 0.605. The molecule has 1 rings (SSSR count). The topological polar surface area (TPSA) is 72.7 Å². The van der Waals surface area contributed by atoms with Crippen molar-refractivity contribution in [2.24, 2.45) is 0 Å². The molecule has 0 spiro atoms. The zero-order chi connectivity index (χ0) is 8.81. The monoisotopic (exact) mass is 165 g/mol. The average molecular weight is 165 g/mol. The number of hydrogen-bond donors (Lipinski definition) is 1. The summed E-state index contributed by atoms with van der Waals surface area (Å²) in [6, 6.07) is 0. The van der Waals surface area contributed by atoms with E-state index in [4.69, 9.17) is 6.42 Å². The highest BCUT2D eigenvalue weighted by atomic mass is 16.2. The van der Waals surface area contributed by atoms with E-state index in [1.807, 2.05) is 0 Å². The van der Waals surface area contributed by atoms with Crippen LogP contribution in [0.3, 0.4) is 0 Å². The molecule has 0 aliphatic heterocycles. The second-order valence-corrected chi connectivity index (χ2v) is 1.99. The summed E-state index contributed by atoms with van der Waals surface area (Å²) < 4.78 is 1.31. The van der Waals surface area contributed by atoms with Gasteiger partial charge in [0.1, 0.15) is 12.9 Å². The highest BCUT2D eigenvalue weighted by Crippen LogP contribution is 1.76. The van der Waals surface area contributed by atoms with Gasteiger partial charge in [0, 0.05) is 0 Å². The Labute approximate surface area is 69.0 Å². The van der Waals surface area contributed by atoms with Crippen LogP contribution < -0.4 is 5.32 Å². The molecule has 0 aliphatic rings. The first-order valence-electron chi connectivity index (χ1n) is 3.24. The maximum Gasteiger partial charge on any atom is 0.242 e. The van der Waals surface area contributed by atoms with Crippen LogP contribution >= 0.6 is 0 Å². The van der Waals surface area contributed by atoms with Gasteiger partial charge in [0.25, 0.3) is 0 Å². The summed E-state index contributed by atoms with van der Waals surface area (Å²) in [4.78, 5) is 10.9. The van der Waals surface area contributed by atoms with Crippen LogP contribution in [0.25, 0.3) is 0 Å². The molecule has 0 aliphatic carbocycles. The van der Waals surface area contributed by atoms with Crippen LogP contribution in [0.4, 0.5) is 0 Å². The first kappa shape index (κ1) is 8.20. The normalized spacial score (nSPS) is 8.92. The largest absolute Gasteiger partial charge is 0.344 e. The molecule has 1 N–H and O–H groups in total. The van der Waals surface area contributed by atoms with Crippen molar-refractivity contribution in [2.45, 2.75) is 6.54 Å². The molecule has 6 nitrogen and oxygen atoms in total. The van der Waals surface area contributed by atoms with Crippen molar-refractivity contribution < 1.29 is 4.79 Å². The molecule has 62 valence electrons. The Balaban J connectivity index is 2.33. The van der Waals surface area contributed by atoms with Gasteiger partial charge in [0.15, 0.2) is 0 Å². The van der Waals surface area contributed by atoms with Crippen molar-refractivity contribution in [3.8, 4) is 12.3 Å². The zero-order valence-corrected chi connectivity index (χ0v) is 6.27. The van der Waals surface area contributed by atoms with Crippen molar-refractivity contribution in [3.63, 3.8) is 0 Å². The van der Waals surface area contributed by atoms with Gasteiger partial charge in [-0.2, -0.15) is 0 Å². The number of aromatic nitrogens is 4. The van der Waals surface area contributed by atoms with E-state index in [9.17, 15) is 4.79 Å². The highest BCUT2D eigenvalue weighted by Gasteiger charge is 2.00. The van der Waals surface area contributed by atoms with Crippen LogP contribution in [-0.2, 0) is 11.3 Å². The SMILES string of the molecule is C#CCNC(=O)Cn1cnnn1. The van der Waals surface area contributed by atoms with Crippen molar-refractivity contribution in [1.29, 1.82) is 0 Å². The van der Waals surface area contributed by atoms with Crippen molar-refractivity contribution in [1.82, 2.24) is 25.5 Å². The Kier molecular flexibility index (Phi) is 2.79. The summed E-state index contributed by atoms with van der Waals surface area (Å²) in [5.74, 6) is 2.08. The molecule has 1 heterocycles. The van der Waals surface area contributed by atoms with Crippen LogP contribution in [0.1, 0.15) is 0 Å². The molecule has 1 amide bonds. The lowest BCUT2D eigenvalue weighted by Crippen LogP contribution is -2.27. The van der Waals surface area contributed by atoms with Gasteiger partial charge in [-0.05, 0) is 10.4 Å². The van der Waals surface area contributed by atoms with E-state index in [0.717, 1.165) is 0 Å². The Bertz CT molecular complexity index is 285. The molecule has 0 atom stereocenters. The van der Waals surface area contributed by atoms with Crippen molar-refractivity contribution in [3.05, 3.63) is 6.33 Å². The van der Waals surface area contributed by atoms with Crippen LogP contribution in [0.15, 0.2) is 6.33 Å². The summed E-state index contributed by atoms with van der Waals surface area (Å²) in [6.45, 7) is 0.315. The molecule has 0 bridgehead atoms. The van der Waals surface area contributed by atoms with Gasteiger partial charge in [-0.1, -0.05) is 5.92 Å². The number of rotatable bonds is 3. The lowest BCUT2D eigenvalue weighted by molar-refractivity contribution is -0.121. The number of nitrogens with one attached hydrogen (secondary N) is 1. The number of tetrazole rings is 1. The van der Waals surface area contributed by atoms with E-state index in [2.05, 4.69) is 26.8 Å². The average Bonchev–Trinajstić information content (AvgIpc) is 2.53. The smallest absolute Gasteiger partial charge is 0.242 e. The van der Waals surface area contributed by atoms with Crippen LogP contribution in [0.5, 0.6) is 0 Å². The maximum absolute atomic E-state index is 10.9. The Morgan fingerprint density at radius 3 is 3.17 bits per heavy atom. The lowest BCUT2D eigenvalue weighted by Gasteiger charge is -1.98. The third-order valence-corrected chi connectivity index (χ3v) is 1.08. The minimum atomic E-state index is -0.208. The van der Waals surface area contributed by atoms with Gasteiger partial charge in [-0.15, -0.1) is 11.5 Å². The standard InChI is InChI=1S/C6H7N5O/c1-2-3-7-6(12)4-11-5-8-9-10-11/h1,5H,3-4H2,(H,7,12). The van der Waals surface area contributed by atoms with Gasteiger partial charge in [0.05, 0.1) is 6.54 Å². The van der Waals surface area contributed by atoms with E-state index in [-0.39, 0.29) is 19.0 Å². The van der Waals surface area contributed by atoms with Gasteiger partial charge in [-0.25, -0.2) is 4.68 Å². The van der Waals surface area contributed by atoms with E-state index >= 15 is 0 Å². The third-order valence-electron chi connectivity index (χ3n) is 1.08. The molecular weight excluding hydrogens is 158 g/mol. The summed E-state index contributed by atoms with van der Waals surface area (Å²) in [7, 11) is 0. The zero-order valence-electron chi connectivity index (χ0n) is 6.27. The predicted molar refractivity (Wildman–Crippen MR) is 39.7 cm³/mol. The predicted octanol–water partition coefficient (Wildman–Crippen LogP) is -1.58. The first-order valence-corrected chi connectivity index (χ1v) is 3.24. The van der Waals surface area contributed by atoms with Gasteiger partial charge >= 0.3 is 0 Å². The second-order valence-electron chi connectivity index (χ2n) is 1.99. The Morgan fingerprint density at radius 1 is 1.75 bits per heavy atom. The number of terminal acetylenes is 1. The highest BCUT2D eigenvalue weighted by molar-refractivity contribution is 5.75. The van der Waals surface area contributed by atoms with Gasteiger partial charge in [-0.3, -0.25) is 4.79 Å². The van der Waals surface area contributed by atoms with Crippen LogP contribution in [0.2, 0.25) is 0 Å². The van der Waals surface area contributed by atoms with Crippen LogP contribution in [0, 0.1) is 12.3 Å². The third kappa shape index (κ3) is 2.38. The molecule has 0 unspecified atom stereocenters. The number of amides is 1. The Hall–Kier alpha value is -1.90. The number of carbonyl (C=O) groups is 1. The summed E-state index contributed by atoms with van der Waals surface area (Å²) in [6.07, 6.45) is 6.29. The quantitative estimate of drug-likeness (QED) is 0.549. The van der Waals surface area contributed by atoms with Crippen molar-refractivity contribution in [2.75, 3.05) is 6.54 Å². The fraction of sp³-hybridized carbons (Fsp3) is 0.333. The molecule has 6 heteroatoms. The first-order chi connectivity index (χ1) is 5.83. The molecule has 1 aromatic heterocycles. The minimum Gasteiger partial charge on any atom is -0.344 e. The summed E-state index contributed by atoms with van der Waals surface area (Å²) in [5.41, 5.74) is 0. The maximum atomic E-state index is 10.9. The molecule has 1 aromatic rings. The number of nitrogens with zero attached hydrogens (tertiary/aromatic N) is 4. The van der Waals surface area contributed by atoms with E-state index in [1.165, 1.54) is 11.0 Å². The molecular formula is C6H7N5O. The molecule has 0 saturated carbocycles. The molecule has 0 fully saturated rings. The van der Waals surface area contributed by atoms with Crippen LogP contribution in [-0.4, -0.2) is 32.7 Å². The summed E-state index contributed by atoms with van der Waals surface area (Å²) >= 11 is 0. The van der Waals surface area contributed by atoms with Gasteiger partial charge < -0.3 is 5.32 Å². The minimum absolute atomic E-state index is 0.0919. The fourth-order valence-corrected chi connectivity index (χ4v) is 0.605. The van der Waals surface area contributed by atoms with E-state index in [1.54, 1.807) is 0 Å².